The Morgan fingerprint density at radius 1 is 0.944 bits per heavy atom. The van der Waals surface area contributed by atoms with Crippen molar-refractivity contribution >= 4 is 0 Å². The fourth-order valence-electron chi connectivity index (χ4n) is 1.29. The first-order valence-electron chi connectivity index (χ1n) is 4.95. The van der Waals surface area contributed by atoms with E-state index in [9.17, 15) is 17.6 Å². The molecule has 0 unspecified atom stereocenters. The number of hydrogen-bond acceptors (Lipinski definition) is 2. The summed E-state index contributed by atoms with van der Waals surface area (Å²) >= 11 is 0. The molecule has 0 bridgehead atoms. The van der Waals surface area contributed by atoms with Gasteiger partial charge in [0.1, 0.15) is 12.4 Å². The molecule has 94 valence electrons. The van der Waals surface area contributed by atoms with Crippen LogP contribution in [0.2, 0.25) is 0 Å². The Morgan fingerprint density at radius 2 is 1.67 bits per heavy atom. The number of ether oxygens (including phenoxy) is 1. The normalized spacial score (nSPS) is 10.4. The molecule has 0 N–H and O–H groups in total. The monoisotopic (exact) mass is 257 g/mol. The summed E-state index contributed by atoms with van der Waals surface area (Å²) in [4.78, 5) is 2.96. The van der Waals surface area contributed by atoms with E-state index < -0.39 is 29.3 Å². The Kier molecular flexibility index (Phi) is 3.45. The smallest absolute Gasteiger partial charge is 0.253 e. The van der Waals surface area contributed by atoms with Crippen molar-refractivity contribution in [3.8, 4) is 5.88 Å². The standard InChI is InChI=1S/C12H7F4NO/c13-8-4-2-1-3-7(8)6-18-12-10(15)5-9(14)11(16)17-12/h1-5H,6H2. The summed E-state index contributed by atoms with van der Waals surface area (Å²) in [6.07, 6.45) is 0. The fraction of sp³-hybridized carbons (Fsp3) is 0.0833. The Labute approximate surface area is 99.8 Å². The molecule has 2 aromatic rings. The van der Waals surface area contributed by atoms with E-state index in [1.54, 1.807) is 6.07 Å². The molecule has 0 radical (unpaired) electrons. The maximum atomic E-state index is 13.2. The summed E-state index contributed by atoms with van der Waals surface area (Å²) in [5.74, 6) is -5.28. The molecule has 0 saturated carbocycles. The van der Waals surface area contributed by atoms with Crippen LogP contribution >= 0.6 is 0 Å². The predicted molar refractivity (Wildman–Crippen MR) is 54.8 cm³/mol. The minimum Gasteiger partial charge on any atom is -0.471 e. The third-order valence-corrected chi connectivity index (χ3v) is 2.18. The van der Waals surface area contributed by atoms with Crippen molar-refractivity contribution in [2.45, 2.75) is 6.61 Å². The van der Waals surface area contributed by atoms with Crippen LogP contribution in [0, 0.1) is 23.4 Å². The summed E-state index contributed by atoms with van der Waals surface area (Å²) in [7, 11) is 0. The van der Waals surface area contributed by atoms with Gasteiger partial charge in [-0.05, 0) is 6.07 Å². The number of nitrogens with zero attached hydrogens (tertiary/aromatic N) is 1. The Balaban J connectivity index is 2.16. The zero-order chi connectivity index (χ0) is 13.1. The van der Waals surface area contributed by atoms with Gasteiger partial charge in [-0.2, -0.15) is 9.37 Å². The van der Waals surface area contributed by atoms with Crippen LogP contribution in [0.1, 0.15) is 5.56 Å². The van der Waals surface area contributed by atoms with Crippen molar-refractivity contribution < 1.29 is 22.3 Å². The van der Waals surface area contributed by atoms with Gasteiger partial charge in [-0.15, -0.1) is 0 Å². The van der Waals surface area contributed by atoms with E-state index in [2.05, 4.69) is 4.98 Å². The SMILES string of the molecule is Fc1ccccc1COc1nc(F)c(F)cc1F. The molecule has 6 heteroatoms. The van der Waals surface area contributed by atoms with Crippen molar-refractivity contribution in [2.75, 3.05) is 0 Å². The van der Waals surface area contributed by atoms with Gasteiger partial charge in [0.2, 0.25) is 0 Å². The highest BCUT2D eigenvalue weighted by Crippen LogP contribution is 2.18. The second kappa shape index (κ2) is 5.03. The third kappa shape index (κ3) is 2.58. The molecule has 18 heavy (non-hydrogen) atoms. The molecule has 0 spiro atoms. The number of benzene rings is 1. The molecule has 0 aliphatic heterocycles. The minimum absolute atomic E-state index is 0.156. The molecule has 1 aromatic heterocycles. The van der Waals surface area contributed by atoms with Crippen LogP contribution < -0.4 is 4.74 Å². The van der Waals surface area contributed by atoms with Crippen LogP contribution in [-0.2, 0) is 6.61 Å². The quantitative estimate of drug-likeness (QED) is 0.622. The summed E-state index contributed by atoms with van der Waals surface area (Å²) in [6.45, 7) is -0.332. The van der Waals surface area contributed by atoms with Crippen LogP contribution in [0.15, 0.2) is 30.3 Å². The Morgan fingerprint density at radius 3 is 2.39 bits per heavy atom. The first kappa shape index (κ1) is 12.3. The molecule has 0 aliphatic rings. The van der Waals surface area contributed by atoms with Gasteiger partial charge >= 0.3 is 0 Å². The number of pyridine rings is 1. The molecule has 0 amide bonds. The van der Waals surface area contributed by atoms with Crippen molar-refractivity contribution in [3.63, 3.8) is 0 Å². The third-order valence-electron chi connectivity index (χ3n) is 2.18. The highest BCUT2D eigenvalue weighted by Gasteiger charge is 2.13. The lowest BCUT2D eigenvalue weighted by Crippen LogP contribution is -2.04. The number of aromatic nitrogens is 1. The summed E-state index contributed by atoms with van der Waals surface area (Å²) in [6, 6.07) is 5.99. The van der Waals surface area contributed by atoms with Gasteiger partial charge in [0.15, 0.2) is 11.6 Å². The molecule has 0 aliphatic carbocycles. The predicted octanol–water partition coefficient (Wildman–Crippen LogP) is 3.22. The second-order valence-electron chi connectivity index (χ2n) is 3.43. The number of halogens is 4. The molecule has 0 atom stereocenters. The van der Waals surface area contributed by atoms with Gasteiger partial charge in [0.25, 0.3) is 11.8 Å². The zero-order valence-electron chi connectivity index (χ0n) is 8.96. The summed E-state index contributed by atoms with van der Waals surface area (Å²) in [5, 5.41) is 0. The maximum absolute atomic E-state index is 13.2. The fourth-order valence-corrected chi connectivity index (χ4v) is 1.29. The highest BCUT2D eigenvalue weighted by atomic mass is 19.2. The van der Waals surface area contributed by atoms with E-state index >= 15 is 0 Å². The molecule has 1 aromatic carbocycles. The van der Waals surface area contributed by atoms with Crippen LogP contribution in [0.3, 0.4) is 0 Å². The second-order valence-corrected chi connectivity index (χ2v) is 3.43. The van der Waals surface area contributed by atoms with Crippen LogP contribution in [0.5, 0.6) is 5.88 Å². The van der Waals surface area contributed by atoms with E-state index in [0.717, 1.165) is 0 Å². The van der Waals surface area contributed by atoms with Gasteiger partial charge < -0.3 is 4.74 Å². The molecule has 1 heterocycles. The van der Waals surface area contributed by atoms with E-state index in [4.69, 9.17) is 4.74 Å². The number of hydrogen-bond donors (Lipinski definition) is 0. The van der Waals surface area contributed by atoms with Gasteiger partial charge in [-0.3, -0.25) is 0 Å². The van der Waals surface area contributed by atoms with Gasteiger partial charge in [0, 0.05) is 11.6 Å². The molecular weight excluding hydrogens is 250 g/mol. The average Bonchev–Trinajstić information content (AvgIpc) is 2.34. The lowest BCUT2D eigenvalue weighted by atomic mass is 10.2. The lowest BCUT2D eigenvalue weighted by molar-refractivity contribution is 0.264. The molecular formula is C12H7F4NO. The van der Waals surface area contributed by atoms with E-state index in [1.165, 1.54) is 18.2 Å². The van der Waals surface area contributed by atoms with Crippen molar-refractivity contribution in [1.82, 2.24) is 4.98 Å². The van der Waals surface area contributed by atoms with Crippen molar-refractivity contribution in [2.24, 2.45) is 0 Å². The van der Waals surface area contributed by atoms with Crippen LogP contribution in [0.4, 0.5) is 17.6 Å². The lowest BCUT2D eigenvalue weighted by Gasteiger charge is -2.07. The first-order chi connectivity index (χ1) is 8.58. The average molecular weight is 257 g/mol. The van der Waals surface area contributed by atoms with Gasteiger partial charge in [-0.1, -0.05) is 18.2 Å². The van der Waals surface area contributed by atoms with Crippen LogP contribution in [0.25, 0.3) is 0 Å². The molecule has 2 nitrogen and oxygen atoms in total. The summed E-state index contributed by atoms with van der Waals surface area (Å²) < 4.78 is 56.5. The topological polar surface area (TPSA) is 22.1 Å². The van der Waals surface area contributed by atoms with E-state index in [-0.39, 0.29) is 12.2 Å². The Hall–Kier alpha value is -2.11. The molecule has 0 saturated heterocycles. The van der Waals surface area contributed by atoms with Gasteiger partial charge in [0.05, 0.1) is 0 Å². The van der Waals surface area contributed by atoms with Gasteiger partial charge in [-0.25, -0.2) is 13.2 Å². The van der Waals surface area contributed by atoms with Crippen molar-refractivity contribution in [3.05, 3.63) is 59.3 Å². The molecule has 0 fully saturated rings. The zero-order valence-corrected chi connectivity index (χ0v) is 8.96. The summed E-state index contributed by atoms with van der Waals surface area (Å²) in [5.41, 5.74) is 0.156. The maximum Gasteiger partial charge on any atom is 0.253 e. The van der Waals surface area contributed by atoms with Crippen LogP contribution in [-0.4, -0.2) is 4.98 Å². The minimum atomic E-state index is -1.47. The first-order valence-corrected chi connectivity index (χ1v) is 4.95. The Bertz CT molecular complexity index is 574. The van der Waals surface area contributed by atoms with Crippen molar-refractivity contribution in [1.29, 1.82) is 0 Å². The largest absolute Gasteiger partial charge is 0.471 e. The van der Waals surface area contributed by atoms with E-state index in [1.807, 2.05) is 0 Å². The molecule has 2 rings (SSSR count). The van der Waals surface area contributed by atoms with E-state index in [0.29, 0.717) is 6.07 Å². The highest BCUT2D eigenvalue weighted by molar-refractivity contribution is 5.19. The number of rotatable bonds is 3.